The lowest BCUT2D eigenvalue weighted by Gasteiger charge is -2.21. The van der Waals surface area contributed by atoms with E-state index in [1.807, 2.05) is 11.6 Å². The molecule has 1 N–H and O–H groups in total. The average molecular weight is 395 g/mol. The maximum absolute atomic E-state index is 12.3. The van der Waals surface area contributed by atoms with Gasteiger partial charge in [-0.2, -0.15) is 0 Å². The first kappa shape index (κ1) is 18.8. The van der Waals surface area contributed by atoms with Crippen LogP contribution in [0, 0.1) is 0 Å². The number of aromatic nitrogens is 1. The average Bonchev–Trinajstić information content (AvgIpc) is 3.02. The Morgan fingerprint density at radius 3 is 2.62 bits per heavy atom. The van der Waals surface area contributed by atoms with Crippen molar-refractivity contribution in [2.75, 3.05) is 49.2 Å². The molecular formula is C17H22N4O3S2. The second-order valence-corrected chi connectivity index (χ2v) is 9.16. The molecule has 26 heavy (non-hydrogen) atoms. The third-order valence-corrected chi connectivity index (χ3v) is 6.17. The largest absolute Gasteiger partial charge is 0.347 e. The maximum Gasteiger partial charge on any atom is 0.238 e. The summed E-state index contributed by atoms with van der Waals surface area (Å²) in [6.45, 7) is 3.78. The molecule has 2 aromatic rings. The lowest BCUT2D eigenvalue weighted by atomic mass is 10.3. The number of amides is 1. The number of benzene rings is 1. The molecule has 0 saturated carbocycles. The highest BCUT2D eigenvalue weighted by Gasteiger charge is 2.18. The van der Waals surface area contributed by atoms with Crippen LogP contribution in [0.3, 0.4) is 0 Å². The number of hydrogen-bond donors (Lipinski definition) is 1. The lowest BCUT2D eigenvalue weighted by Crippen LogP contribution is -2.36. The van der Waals surface area contributed by atoms with Gasteiger partial charge in [0.2, 0.25) is 5.91 Å². The first-order chi connectivity index (χ1) is 12.4. The molecule has 1 amide bonds. The third kappa shape index (κ3) is 5.03. The minimum atomic E-state index is -3.23. The lowest BCUT2D eigenvalue weighted by molar-refractivity contribution is -0.117. The van der Waals surface area contributed by atoms with E-state index in [0.717, 1.165) is 44.0 Å². The van der Waals surface area contributed by atoms with Gasteiger partial charge >= 0.3 is 0 Å². The Labute approximate surface area is 157 Å². The molecule has 0 radical (unpaired) electrons. The number of carbonyl (C=O) groups excluding carboxylic acids is 1. The fourth-order valence-corrected chi connectivity index (χ4v) is 4.21. The number of hydrogen-bond acceptors (Lipinski definition) is 7. The smallest absolute Gasteiger partial charge is 0.238 e. The number of rotatable bonds is 5. The van der Waals surface area contributed by atoms with E-state index in [9.17, 15) is 13.2 Å². The highest BCUT2D eigenvalue weighted by atomic mass is 32.2. The first-order valence-corrected chi connectivity index (χ1v) is 11.2. The van der Waals surface area contributed by atoms with Crippen molar-refractivity contribution in [1.29, 1.82) is 0 Å². The van der Waals surface area contributed by atoms with E-state index in [-0.39, 0.29) is 10.8 Å². The topological polar surface area (TPSA) is 82.6 Å². The van der Waals surface area contributed by atoms with Crippen molar-refractivity contribution < 1.29 is 13.2 Å². The molecule has 7 nitrogen and oxygen atoms in total. The van der Waals surface area contributed by atoms with Gasteiger partial charge in [-0.15, -0.1) is 11.3 Å². The van der Waals surface area contributed by atoms with Crippen molar-refractivity contribution in [2.45, 2.75) is 11.3 Å². The zero-order valence-electron chi connectivity index (χ0n) is 14.6. The van der Waals surface area contributed by atoms with Gasteiger partial charge in [-0.05, 0) is 30.7 Å². The van der Waals surface area contributed by atoms with E-state index in [1.54, 1.807) is 23.5 Å². The van der Waals surface area contributed by atoms with Crippen LogP contribution in [0.2, 0.25) is 0 Å². The molecule has 2 heterocycles. The van der Waals surface area contributed by atoms with E-state index < -0.39 is 9.84 Å². The molecule has 1 fully saturated rings. The summed E-state index contributed by atoms with van der Waals surface area (Å²) in [6, 6.07) is 6.23. The highest BCUT2D eigenvalue weighted by Crippen LogP contribution is 2.19. The summed E-state index contributed by atoms with van der Waals surface area (Å²) in [5, 5.41) is 5.83. The fourth-order valence-electron chi connectivity index (χ4n) is 2.88. The second-order valence-electron chi connectivity index (χ2n) is 6.28. The van der Waals surface area contributed by atoms with Gasteiger partial charge in [0.15, 0.2) is 15.0 Å². The Bertz CT molecular complexity index is 835. The van der Waals surface area contributed by atoms with E-state index in [2.05, 4.69) is 20.1 Å². The molecule has 1 aromatic carbocycles. The molecule has 1 saturated heterocycles. The Morgan fingerprint density at radius 1 is 1.19 bits per heavy atom. The minimum Gasteiger partial charge on any atom is -0.347 e. The summed E-state index contributed by atoms with van der Waals surface area (Å²) >= 11 is 1.63. The van der Waals surface area contributed by atoms with Gasteiger partial charge in [-0.3, -0.25) is 9.69 Å². The predicted molar refractivity (Wildman–Crippen MR) is 104 cm³/mol. The standard InChI is InChI=1S/C17H22N4O3S2/c1-26(23,24)15-5-3-14(4-6-15)19-16(22)13-20-8-2-9-21(11-10-20)17-18-7-12-25-17/h3-7,12H,2,8-11,13H2,1H3,(H,19,22). The van der Waals surface area contributed by atoms with E-state index in [4.69, 9.17) is 0 Å². The highest BCUT2D eigenvalue weighted by molar-refractivity contribution is 7.90. The quantitative estimate of drug-likeness (QED) is 0.831. The van der Waals surface area contributed by atoms with Crippen molar-refractivity contribution in [3.8, 4) is 0 Å². The second kappa shape index (κ2) is 8.15. The molecular weight excluding hydrogens is 372 g/mol. The van der Waals surface area contributed by atoms with Gasteiger partial charge < -0.3 is 10.2 Å². The van der Waals surface area contributed by atoms with Crippen LogP contribution in [0.5, 0.6) is 0 Å². The van der Waals surface area contributed by atoms with Gasteiger partial charge in [0, 0.05) is 49.7 Å². The summed E-state index contributed by atoms with van der Waals surface area (Å²) in [5.41, 5.74) is 0.599. The number of nitrogens with zero attached hydrogens (tertiary/aromatic N) is 3. The van der Waals surface area contributed by atoms with Crippen LogP contribution in [-0.4, -0.2) is 63.2 Å². The minimum absolute atomic E-state index is 0.0974. The van der Waals surface area contributed by atoms with Gasteiger partial charge in [0.25, 0.3) is 0 Å². The molecule has 0 aliphatic carbocycles. The molecule has 0 atom stereocenters. The van der Waals surface area contributed by atoms with Crippen molar-refractivity contribution in [3.63, 3.8) is 0 Å². The Balaban J connectivity index is 1.52. The summed E-state index contributed by atoms with van der Waals surface area (Å²) in [7, 11) is -3.23. The van der Waals surface area contributed by atoms with Crippen LogP contribution in [-0.2, 0) is 14.6 Å². The molecule has 1 aliphatic heterocycles. The van der Waals surface area contributed by atoms with Crippen molar-refractivity contribution >= 4 is 37.9 Å². The summed E-state index contributed by atoms with van der Waals surface area (Å²) in [4.78, 5) is 21.3. The van der Waals surface area contributed by atoms with Crippen molar-refractivity contribution in [3.05, 3.63) is 35.8 Å². The number of sulfone groups is 1. The Kier molecular flexibility index (Phi) is 5.90. The molecule has 0 unspecified atom stereocenters. The first-order valence-electron chi connectivity index (χ1n) is 8.38. The van der Waals surface area contributed by atoms with Crippen LogP contribution in [0.1, 0.15) is 6.42 Å². The van der Waals surface area contributed by atoms with Gasteiger partial charge in [-0.25, -0.2) is 13.4 Å². The SMILES string of the molecule is CS(=O)(=O)c1ccc(NC(=O)CN2CCCN(c3nccs3)CC2)cc1. The molecule has 9 heteroatoms. The molecule has 1 aliphatic rings. The van der Waals surface area contributed by atoms with Gasteiger partial charge in [-0.1, -0.05) is 0 Å². The molecule has 0 bridgehead atoms. The van der Waals surface area contributed by atoms with E-state index in [0.29, 0.717) is 12.2 Å². The number of anilines is 2. The van der Waals surface area contributed by atoms with E-state index in [1.165, 1.54) is 12.1 Å². The van der Waals surface area contributed by atoms with Crippen LogP contribution in [0.25, 0.3) is 0 Å². The number of thiazole rings is 1. The monoisotopic (exact) mass is 394 g/mol. The molecule has 3 rings (SSSR count). The maximum atomic E-state index is 12.3. The van der Waals surface area contributed by atoms with Crippen molar-refractivity contribution in [1.82, 2.24) is 9.88 Å². The van der Waals surface area contributed by atoms with E-state index >= 15 is 0 Å². The summed E-state index contributed by atoms with van der Waals surface area (Å²) in [6.07, 6.45) is 3.95. The summed E-state index contributed by atoms with van der Waals surface area (Å²) < 4.78 is 22.9. The van der Waals surface area contributed by atoms with Crippen LogP contribution in [0.4, 0.5) is 10.8 Å². The zero-order chi connectivity index (χ0) is 18.6. The fraction of sp³-hybridized carbons (Fsp3) is 0.412. The van der Waals surface area contributed by atoms with Crippen molar-refractivity contribution in [2.24, 2.45) is 0 Å². The number of nitrogens with one attached hydrogen (secondary N) is 1. The Morgan fingerprint density at radius 2 is 1.96 bits per heavy atom. The summed E-state index contributed by atoms with van der Waals surface area (Å²) in [5.74, 6) is -0.0974. The predicted octanol–water partition coefficient (Wildman–Crippen LogP) is 1.70. The molecule has 1 aromatic heterocycles. The molecule has 140 valence electrons. The third-order valence-electron chi connectivity index (χ3n) is 4.21. The number of carbonyl (C=O) groups is 1. The van der Waals surface area contributed by atoms with Crippen LogP contribution in [0.15, 0.2) is 40.7 Å². The Hall–Kier alpha value is -1.97. The van der Waals surface area contributed by atoms with Crippen LogP contribution < -0.4 is 10.2 Å². The zero-order valence-corrected chi connectivity index (χ0v) is 16.2. The van der Waals surface area contributed by atoms with Crippen LogP contribution >= 0.6 is 11.3 Å². The molecule has 0 spiro atoms. The van der Waals surface area contributed by atoms with Gasteiger partial charge in [0.1, 0.15) is 0 Å². The normalized spacial score (nSPS) is 16.3. The van der Waals surface area contributed by atoms with Gasteiger partial charge in [0.05, 0.1) is 11.4 Å².